The molecule has 1 fully saturated rings. The van der Waals surface area contributed by atoms with Crippen LogP contribution in [0.1, 0.15) is 49.4 Å². The van der Waals surface area contributed by atoms with E-state index < -0.39 is 0 Å². The van der Waals surface area contributed by atoms with Gasteiger partial charge in [-0.2, -0.15) is 9.78 Å². The molecule has 0 saturated heterocycles. The van der Waals surface area contributed by atoms with E-state index in [1.54, 1.807) is 12.3 Å². The molecule has 0 spiro atoms. The number of carbonyl (C=O) groups is 1. The summed E-state index contributed by atoms with van der Waals surface area (Å²) in [5, 5.41) is 10.0. The van der Waals surface area contributed by atoms with Crippen LogP contribution < -0.4 is 15.6 Å². The lowest BCUT2D eigenvalue weighted by Crippen LogP contribution is -2.25. The van der Waals surface area contributed by atoms with Crippen molar-refractivity contribution in [3.05, 3.63) is 113 Å². The number of hydrogen-bond donors (Lipinski definition) is 1. The van der Waals surface area contributed by atoms with Gasteiger partial charge in [0.1, 0.15) is 11.6 Å². The number of para-hydroxylation sites is 2. The maximum Gasteiger partial charge on any atom is 0.282 e. The Morgan fingerprint density at radius 3 is 2.45 bits per heavy atom. The SMILES string of the molecule is O=C(COc1ccc2ccccc2c1C=Nn1c(C2CCCCC2)nc2ccccc2c1=O)Nc1ccccc1. The largest absolute Gasteiger partial charge is 0.483 e. The lowest BCUT2D eigenvalue weighted by atomic mass is 9.88. The Morgan fingerprint density at radius 2 is 1.62 bits per heavy atom. The Hall–Kier alpha value is -4.78. The average molecular weight is 531 g/mol. The van der Waals surface area contributed by atoms with E-state index in [1.807, 2.05) is 84.9 Å². The van der Waals surface area contributed by atoms with E-state index >= 15 is 0 Å². The molecule has 0 bridgehead atoms. The van der Waals surface area contributed by atoms with Gasteiger partial charge in [0, 0.05) is 17.2 Å². The zero-order valence-electron chi connectivity index (χ0n) is 22.1. The molecule has 1 saturated carbocycles. The van der Waals surface area contributed by atoms with Crippen LogP contribution in [-0.2, 0) is 4.79 Å². The van der Waals surface area contributed by atoms with Gasteiger partial charge in [0.05, 0.1) is 17.1 Å². The summed E-state index contributed by atoms with van der Waals surface area (Å²) in [6.45, 7) is -0.168. The molecule has 0 unspecified atom stereocenters. The molecule has 6 rings (SSSR count). The summed E-state index contributed by atoms with van der Waals surface area (Å²) >= 11 is 0. The first kappa shape index (κ1) is 25.5. The molecule has 40 heavy (non-hydrogen) atoms. The van der Waals surface area contributed by atoms with Gasteiger partial charge in [0.25, 0.3) is 11.5 Å². The van der Waals surface area contributed by atoms with Crippen LogP contribution in [-0.4, -0.2) is 28.4 Å². The summed E-state index contributed by atoms with van der Waals surface area (Å²) in [7, 11) is 0. The molecule has 1 aliphatic carbocycles. The molecule has 1 aliphatic rings. The molecule has 0 aliphatic heterocycles. The molecule has 1 heterocycles. The fraction of sp³-hybridized carbons (Fsp3) is 0.212. The summed E-state index contributed by atoms with van der Waals surface area (Å²) in [6.07, 6.45) is 7.06. The Kier molecular flexibility index (Phi) is 7.35. The van der Waals surface area contributed by atoms with Gasteiger partial charge in [-0.3, -0.25) is 9.59 Å². The van der Waals surface area contributed by atoms with E-state index in [2.05, 4.69) is 5.32 Å². The van der Waals surface area contributed by atoms with Crippen LogP contribution in [0.2, 0.25) is 0 Å². The molecule has 200 valence electrons. The number of fused-ring (bicyclic) bond motifs is 2. The lowest BCUT2D eigenvalue weighted by Gasteiger charge is -2.22. The van der Waals surface area contributed by atoms with Crippen molar-refractivity contribution >= 4 is 39.5 Å². The minimum atomic E-state index is -0.267. The summed E-state index contributed by atoms with van der Waals surface area (Å²) < 4.78 is 7.47. The fourth-order valence-corrected chi connectivity index (χ4v) is 5.39. The van der Waals surface area contributed by atoms with Crippen molar-refractivity contribution in [3.63, 3.8) is 0 Å². The van der Waals surface area contributed by atoms with Crippen molar-refractivity contribution in [1.82, 2.24) is 9.66 Å². The smallest absolute Gasteiger partial charge is 0.282 e. The van der Waals surface area contributed by atoms with Crippen molar-refractivity contribution in [2.24, 2.45) is 5.10 Å². The van der Waals surface area contributed by atoms with Gasteiger partial charge in [0.15, 0.2) is 6.61 Å². The van der Waals surface area contributed by atoms with Crippen molar-refractivity contribution in [3.8, 4) is 5.75 Å². The van der Waals surface area contributed by atoms with E-state index in [9.17, 15) is 9.59 Å². The predicted molar refractivity (Wildman–Crippen MR) is 159 cm³/mol. The number of aromatic nitrogens is 2. The first-order chi connectivity index (χ1) is 19.7. The topological polar surface area (TPSA) is 85.6 Å². The number of anilines is 1. The van der Waals surface area contributed by atoms with Gasteiger partial charge in [-0.25, -0.2) is 4.98 Å². The second kappa shape index (κ2) is 11.5. The molecule has 5 aromatic rings. The third-order valence-electron chi connectivity index (χ3n) is 7.40. The number of nitrogens with zero attached hydrogens (tertiary/aromatic N) is 3. The molecule has 1 N–H and O–H groups in total. The van der Waals surface area contributed by atoms with Gasteiger partial charge in [0.2, 0.25) is 0 Å². The maximum atomic E-state index is 13.7. The van der Waals surface area contributed by atoms with Crippen LogP contribution in [0.25, 0.3) is 21.7 Å². The van der Waals surface area contributed by atoms with E-state index in [1.165, 1.54) is 11.1 Å². The second-order valence-electron chi connectivity index (χ2n) is 10.1. The van der Waals surface area contributed by atoms with Crippen LogP contribution >= 0.6 is 0 Å². The number of rotatable bonds is 7. The van der Waals surface area contributed by atoms with Crippen LogP contribution in [0, 0.1) is 0 Å². The summed E-state index contributed by atoms with van der Waals surface area (Å²) in [5.74, 6) is 1.11. The minimum Gasteiger partial charge on any atom is -0.483 e. The molecule has 7 heteroatoms. The Bertz CT molecular complexity index is 1760. The summed E-state index contributed by atoms with van der Waals surface area (Å²) in [6, 6.07) is 28.4. The van der Waals surface area contributed by atoms with Gasteiger partial charge in [-0.1, -0.05) is 79.9 Å². The Balaban J connectivity index is 1.38. The highest BCUT2D eigenvalue weighted by Gasteiger charge is 2.22. The lowest BCUT2D eigenvalue weighted by molar-refractivity contribution is -0.118. The molecule has 7 nitrogen and oxygen atoms in total. The van der Waals surface area contributed by atoms with Crippen molar-refractivity contribution in [2.75, 3.05) is 11.9 Å². The maximum absolute atomic E-state index is 13.7. The number of ether oxygens (including phenoxy) is 1. The second-order valence-corrected chi connectivity index (χ2v) is 10.1. The van der Waals surface area contributed by atoms with E-state index in [4.69, 9.17) is 14.8 Å². The number of nitrogens with one attached hydrogen (secondary N) is 1. The van der Waals surface area contributed by atoms with Crippen molar-refractivity contribution < 1.29 is 9.53 Å². The van der Waals surface area contributed by atoms with Crippen LogP contribution in [0.5, 0.6) is 5.75 Å². The summed E-state index contributed by atoms with van der Waals surface area (Å²) in [4.78, 5) is 31.2. The molecule has 0 radical (unpaired) electrons. The first-order valence-corrected chi connectivity index (χ1v) is 13.7. The third-order valence-corrected chi connectivity index (χ3v) is 7.40. The van der Waals surface area contributed by atoms with Gasteiger partial charge < -0.3 is 10.1 Å². The third kappa shape index (κ3) is 5.36. The number of hydrogen-bond acceptors (Lipinski definition) is 5. The predicted octanol–water partition coefficient (Wildman–Crippen LogP) is 6.50. The summed E-state index contributed by atoms with van der Waals surface area (Å²) in [5.41, 5.74) is 1.90. The van der Waals surface area contributed by atoms with Crippen molar-refractivity contribution in [1.29, 1.82) is 0 Å². The van der Waals surface area contributed by atoms with Gasteiger partial charge in [-0.15, -0.1) is 0 Å². The normalized spacial score (nSPS) is 14.1. The fourth-order valence-electron chi connectivity index (χ4n) is 5.39. The standard InChI is InChI=1S/C33H30N4O3/c38-31(35-25-14-5-2-6-15-25)22-40-30-20-19-23-11-7-8-16-26(23)28(30)21-34-37-32(24-12-3-1-4-13-24)36-29-18-10-9-17-27(29)33(37)39/h2,5-11,14-21,24H,1,3-4,12-13,22H2,(H,35,38). The number of amides is 1. The van der Waals surface area contributed by atoms with Gasteiger partial charge >= 0.3 is 0 Å². The number of carbonyl (C=O) groups excluding carboxylic acids is 1. The van der Waals surface area contributed by atoms with E-state index in [0.717, 1.165) is 36.5 Å². The quantitative estimate of drug-likeness (QED) is 0.244. The monoisotopic (exact) mass is 530 g/mol. The highest BCUT2D eigenvalue weighted by Crippen LogP contribution is 2.32. The first-order valence-electron chi connectivity index (χ1n) is 13.7. The highest BCUT2D eigenvalue weighted by atomic mass is 16.5. The Morgan fingerprint density at radius 1 is 0.900 bits per heavy atom. The average Bonchev–Trinajstić information content (AvgIpc) is 3.00. The molecular formula is C33H30N4O3. The van der Waals surface area contributed by atoms with E-state index in [0.29, 0.717) is 33.7 Å². The zero-order chi connectivity index (χ0) is 27.3. The van der Waals surface area contributed by atoms with E-state index in [-0.39, 0.29) is 24.0 Å². The van der Waals surface area contributed by atoms with Crippen molar-refractivity contribution in [2.45, 2.75) is 38.0 Å². The minimum absolute atomic E-state index is 0.168. The molecule has 4 aromatic carbocycles. The van der Waals surface area contributed by atoms with Gasteiger partial charge in [-0.05, 0) is 53.9 Å². The van der Waals surface area contributed by atoms with Crippen LogP contribution in [0.3, 0.4) is 0 Å². The Labute approximate surface area is 232 Å². The molecule has 0 atom stereocenters. The molecule has 1 amide bonds. The number of benzene rings is 4. The highest BCUT2D eigenvalue weighted by molar-refractivity contribution is 6.02. The van der Waals surface area contributed by atoms with Crippen LogP contribution in [0.4, 0.5) is 5.69 Å². The zero-order valence-corrected chi connectivity index (χ0v) is 22.1. The van der Waals surface area contributed by atoms with Crippen LogP contribution in [0.15, 0.2) is 101 Å². The molecular weight excluding hydrogens is 500 g/mol. The molecule has 1 aromatic heterocycles.